The van der Waals surface area contributed by atoms with Gasteiger partial charge in [0, 0.05) is 25.5 Å². The van der Waals surface area contributed by atoms with Crippen molar-refractivity contribution in [1.29, 1.82) is 0 Å². The summed E-state index contributed by atoms with van der Waals surface area (Å²) in [5.74, 6) is -1.56. The van der Waals surface area contributed by atoms with Crippen LogP contribution in [0.5, 0.6) is 0 Å². The summed E-state index contributed by atoms with van der Waals surface area (Å²) < 4.78 is 42.7. The number of halogens is 3. The molecule has 6 nitrogen and oxygen atoms in total. The summed E-state index contributed by atoms with van der Waals surface area (Å²) in [6, 6.07) is 7.01. The monoisotopic (exact) mass is 365 g/mol. The molecule has 1 aromatic carbocycles. The number of para-hydroxylation sites is 2. The van der Waals surface area contributed by atoms with E-state index in [0.717, 1.165) is 4.57 Å². The lowest BCUT2D eigenvalue weighted by atomic mass is 10.2. The second kappa shape index (κ2) is 7.19. The summed E-state index contributed by atoms with van der Waals surface area (Å²) in [4.78, 5) is 16.0. The second-order valence-corrected chi connectivity index (χ2v) is 5.88. The van der Waals surface area contributed by atoms with Crippen molar-refractivity contribution < 1.29 is 18.0 Å². The van der Waals surface area contributed by atoms with Gasteiger partial charge in [0.15, 0.2) is 0 Å². The molecule has 0 aliphatic carbocycles. The molecule has 0 bridgehead atoms. The molecule has 1 unspecified atom stereocenters. The molecule has 0 saturated carbocycles. The maximum Gasteiger partial charge on any atom is 0.449 e. The van der Waals surface area contributed by atoms with E-state index in [2.05, 4.69) is 15.4 Å². The van der Waals surface area contributed by atoms with Gasteiger partial charge >= 0.3 is 6.18 Å². The van der Waals surface area contributed by atoms with Crippen LogP contribution in [0, 0.1) is 0 Å². The summed E-state index contributed by atoms with van der Waals surface area (Å²) in [6.07, 6.45) is -0.564. The van der Waals surface area contributed by atoms with Crippen LogP contribution in [0.4, 0.5) is 13.2 Å². The highest BCUT2D eigenvalue weighted by molar-refractivity contribution is 5.84. The van der Waals surface area contributed by atoms with Crippen molar-refractivity contribution in [1.82, 2.24) is 24.6 Å². The number of benzene rings is 1. The molecule has 138 valence electrons. The third-order valence-corrected chi connectivity index (χ3v) is 4.04. The highest BCUT2D eigenvalue weighted by Gasteiger charge is 2.39. The number of rotatable bonds is 6. The lowest BCUT2D eigenvalue weighted by Gasteiger charge is -2.18. The first-order chi connectivity index (χ1) is 12.4. The van der Waals surface area contributed by atoms with Crippen molar-refractivity contribution in [2.24, 2.45) is 0 Å². The molecule has 0 spiro atoms. The summed E-state index contributed by atoms with van der Waals surface area (Å²) in [7, 11) is 0. The quantitative estimate of drug-likeness (QED) is 0.683. The fraction of sp³-hybridized carbons (Fsp3) is 0.353. The summed E-state index contributed by atoms with van der Waals surface area (Å²) in [5.41, 5.74) is 0.483. The number of alkyl halides is 3. The number of fused-ring (bicyclic) bond motifs is 1. The Bertz CT molecular complexity index is 886. The molecule has 3 rings (SSSR count). The van der Waals surface area contributed by atoms with E-state index in [4.69, 9.17) is 0 Å². The van der Waals surface area contributed by atoms with Crippen LogP contribution >= 0.6 is 0 Å². The molecular weight excluding hydrogens is 347 g/mol. The first-order valence-electron chi connectivity index (χ1n) is 8.17. The van der Waals surface area contributed by atoms with Crippen molar-refractivity contribution >= 4 is 16.9 Å². The van der Waals surface area contributed by atoms with Gasteiger partial charge in [-0.1, -0.05) is 12.1 Å². The van der Waals surface area contributed by atoms with E-state index in [1.165, 1.54) is 19.1 Å². The highest BCUT2D eigenvalue weighted by atomic mass is 19.4. The number of carbonyl (C=O) groups excluding carboxylic acids is 1. The van der Waals surface area contributed by atoms with Crippen LogP contribution in [-0.4, -0.2) is 31.8 Å². The summed E-state index contributed by atoms with van der Waals surface area (Å²) >= 11 is 0. The fourth-order valence-corrected chi connectivity index (χ4v) is 2.79. The number of nitrogens with zero attached hydrogens (tertiary/aromatic N) is 4. The van der Waals surface area contributed by atoms with Crippen LogP contribution in [0.3, 0.4) is 0 Å². The van der Waals surface area contributed by atoms with Gasteiger partial charge in [0.05, 0.1) is 11.0 Å². The zero-order chi connectivity index (χ0) is 18.7. The van der Waals surface area contributed by atoms with Crippen molar-refractivity contribution in [3.63, 3.8) is 0 Å². The molecule has 2 heterocycles. The zero-order valence-corrected chi connectivity index (χ0v) is 14.1. The fourth-order valence-electron chi connectivity index (χ4n) is 2.79. The molecule has 1 N–H and O–H groups in total. The van der Waals surface area contributed by atoms with Gasteiger partial charge in [-0.2, -0.15) is 18.3 Å². The molecule has 0 aliphatic heterocycles. The van der Waals surface area contributed by atoms with Crippen molar-refractivity contribution in [3.8, 4) is 0 Å². The smallest absolute Gasteiger partial charge is 0.354 e. The first-order valence-corrected chi connectivity index (χ1v) is 8.17. The number of hydrogen-bond donors (Lipinski definition) is 1. The van der Waals surface area contributed by atoms with Crippen LogP contribution in [-0.2, 0) is 17.5 Å². The minimum absolute atomic E-state index is 0.207. The van der Waals surface area contributed by atoms with Crippen molar-refractivity contribution in [2.75, 3.05) is 6.54 Å². The number of carbonyl (C=O) groups is 1. The van der Waals surface area contributed by atoms with E-state index in [0.29, 0.717) is 19.5 Å². The SMILES string of the molecule is CC(C(=O)NCCCn1cccn1)n1c(C(F)(F)F)nc2ccccc21. The maximum absolute atomic E-state index is 13.3. The normalized spacial score (nSPS) is 13.1. The molecule has 3 aromatic rings. The number of aryl methyl sites for hydroxylation is 1. The van der Waals surface area contributed by atoms with Gasteiger partial charge in [-0.25, -0.2) is 4.98 Å². The van der Waals surface area contributed by atoms with Crippen LogP contribution in [0.25, 0.3) is 11.0 Å². The van der Waals surface area contributed by atoms with Gasteiger partial charge in [0.2, 0.25) is 11.7 Å². The average molecular weight is 365 g/mol. The van der Waals surface area contributed by atoms with Gasteiger partial charge in [-0.05, 0) is 31.5 Å². The predicted octanol–water partition coefficient (Wildman–Crippen LogP) is 3.02. The molecule has 9 heteroatoms. The van der Waals surface area contributed by atoms with Gasteiger partial charge in [0.1, 0.15) is 6.04 Å². The lowest BCUT2D eigenvalue weighted by Crippen LogP contribution is -2.33. The largest absolute Gasteiger partial charge is 0.449 e. The number of aromatic nitrogens is 4. The molecule has 0 aliphatic rings. The first kappa shape index (κ1) is 18.0. The standard InChI is InChI=1S/C17H18F3N5O/c1-12(15(26)21-8-4-10-24-11-5-9-22-24)25-14-7-3-2-6-13(14)23-16(25)17(18,19)20/h2-3,5-7,9,11-12H,4,8,10H2,1H3,(H,21,26). The topological polar surface area (TPSA) is 64.7 Å². The summed E-state index contributed by atoms with van der Waals surface area (Å²) in [6.45, 7) is 2.40. The number of nitrogens with one attached hydrogen (secondary N) is 1. The van der Waals surface area contributed by atoms with E-state index in [-0.39, 0.29) is 11.0 Å². The molecule has 2 aromatic heterocycles. The molecule has 1 amide bonds. The second-order valence-electron chi connectivity index (χ2n) is 5.88. The van der Waals surface area contributed by atoms with Crippen LogP contribution in [0.15, 0.2) is 42.7 Å². The Morgan fingerprint density at radius 2 is 2.04 bits per heavy atom. The average Bonchev–Trinajstić information content (AvgIpc) is 3.24. The minimum atomic E-state index is -4.65. The van der Waals surface area contributed by atoms with E-state index >= 15 is 0 Å². The highest BCUT2D eigenvalue weighted by Crippen LogP contribution is 2.33. The zero-order valence-electron chi connectivity index (χ0n) is 14.1. The Kier molecular flexibility index (Phi) is 4.97. The van der Waals surface area contributed by atoms with Crippen molar-refractivity contribution in [2.45, 2.75) is 32.1 Å². The number of imidazole rings is 1. The van der Waals surface area contributed by atoms with Gasteiger partial charge in [0.25, 0.3) is 0 Å². The van der Waals surface area contributed by atoms with E-state index < -0.39 is 23.9 Å². The molecular formula is C17H18F3N5O. The van der Waals surface area contributed by atoms with Crippen LogP contribution < -0.4 is 5.32 Å². The molecule has 26 heavy (non-hydrogen) atoms. The van der Waals surface area contributed by atoms with E-state index in [1.807, 2.05) is 0 Å². The lowest BCUT2D eigenvalue weighted by molar-refractivity contribution is -0.148. The third-order valence-electron chi connectivity index (χ3n) is 4.04. The van der Waals surface area contributed by atoms with Gasteiger partial charge in [-0.3, -0.25) is 9.48 Å². The van der Waals surface area contributed by atoms with Crippen LogP contribution in [0.2, 0.25) is 0 Å². The Hall–Kier alpha value is -2.84. The predicted molar refractivity (Wildman–Crippen MR) is 89.3 cm³/mol. The van der Waals surface area contributed by atoms with E-state index in [9.17, 15) is 18.0 Å². The number of hydrogen-bond acceptors (Lipinski definition) is 3. The Morgan fingerprint density at radius 3 is 2.73 bits per heavy atom. The third kappa shape index (κ3) is 3.71. The Labute approximate surface area is 147 Å². The number of amides is 1. The van der Waals surface area contributed by atoms with Crippen molar-refractivity contribution in [3.05, 3.63) is 48.5 Å². The Balaban J connectivity index is 1.73. The molecule has 0 fully saturated rings. The molecule has 1 atom stereocenters. The molecule has 0 saturated heterocycles. The van der Waals surface area contributed by atoms with Gasteiger partial charge in [-0.15, -0.1) is 0 Å². The molecule has 0 radical (unpaired) electrons. The Morgan fingerprint density at radius 1 is 1.27 bits per heavy atom. The minimum Gasteiger partial charge on any atom is -0.354 e. The van der Waals surface area contributed by atoms with Crippen LogP contribution in [0.1, 0.15) is 25.2 Å². The van der Waals surface area contributed by atoms with Gasteiger partial charge < -0.3 is 9.88 Å². The van der Waals surface area contributed by atoms with E-state index in [1.54, 1.807) is 35.3 Å². The maximum atomic E-state index is 13.3. The summed E-state index contributed by atoms with van der Waals surface area (Å²) in [5, 5.41) is 6.73.